The Balaban J connectivity index is 1.92. The van der Waals surface area contributed by atoms with Gasteiger partial charge < -0.3 is 19.6 Å². The number of nitrogens with one attached hydrogen (secondary N) is 1. The number of fused-ring (bicyclic) bond motifs is 1. The molecule has 0 aliphatic heterocycles. The minimum atomic E-state index is -0.686. The van der Waals surface area contributed by atoms with Crippen LogP contribution in [0.25, 0.3) is 11.0 Å². The first-order valence-electron chi connectivity index (χ1n) is 7.39. The van der Waals surface area contributed by atoms with Gasteiger partial charge in [-0.2, -0.15) is 0 Å². The van der Waals surface area contributed by atoms with Crippen molar-refractivity contribution in [1.29, 1.82) is 0 Å². The molecule has 0 atom stereocenters. The molecule has 122 valence electrons. The normalized spacial score (nSPS) is 10.5. The van der Waals surface area contributed by atoms with E-state index < -0.39 is 5.63 Å². The third-order valence-electron chi connectivity index (χ3n) is 3.44. The van der Waals surface area contributed by atoms with E-state index in [1.807, 2.05) is 6.92 Å². The second kappa shape index (κ2) is 6.72. The number of anilines is 1. The molecule has 0 amide bonds. The Bertz CT molecular complexity index is 947. The Morgan fingerprint density at radius 2 is 1.92 bits per heavy atom. The zero-order valence-electron chi connectivity index (χ0n) is 12.9. The highest BCUT2D eigenvalue weighted by Gasteiger charge is 2.18. The molecule has 3 rings (SSSR count). The predicted molar refractivity (Wildman–Crippen MR) is 97.1 cm³/mol. The van der Waals surface area contributed by atoms with Gasteiger partial charge in [0.25, 0.3) is 0 Å². The first kappa shape index (κ1) is 16.0. The zero-order valence-corrected chi connectivity index (χ0v) is 13.7. The number of hydrogen-bond donors (Lipinski definition) is 2. The van der Waals surface area contributed by atoms with Crippen LogP contribution in [0.5, 0.6) is 11.5 Å². The van der Waals surface area contributed by atoms with Gasteiger partial charge in [-0.15, -0.1) is 0 Å². The van der Waals surface area contributed by atoms with E-state index in [9.17, 15) is 9.90 Å². The van der Waals surface area contributed by atoms with Crippen LogP contribution in [-0.4, -0.2) is 16.7 Å². The van der Waals surface area contributed by atoms with Crippen molar-refractivity contribution in [3.63, 3.8) is 0 Å². The summed E-state index contributed by atoms with van der Waals surface area (Å²) in [5, 5.41) is 13.7. The van der Waals surface area contributed by atoms with Crippen molar-refractivity contribution in [1.82, 2.24) is 0 Å². The van der Waals surface area contributed by atoms with Gasteiger partial charge in [0.2, 0.25) is 0 Å². The second-order valence-corrected chi connectivity index (χ2v) is 5.43. The molecule has 6 heteroatoms. The minimum absolute atomic E-state index is 0.0578. The van der Waals surface area contributed by atoms with E-state index in [2.05, 4.69) is 5.32 Å². The van der Waals surface area contributed by atoms with Crippen LogP contribution in [0.4, 0.5) is 5.69 Å². The SMILES string of the molecule is CCOc1ccc(NC(=S)c2c(O)c3ccccc3oc2=O)cc1. The molecule has 1 heterocycles. The molecule has 24 heavy (non-hydrogen) atoms. The second-order valence-electron chi connectivity index (χ2n) is 5.02. The molecule has 0 aliphatic rings. The van der Waals surface area contributed by atoms with E-state index in [0.717, 1.165) is 5.75 Å². The first-order valence-corrected chi connectivity index (χ1v) is 7.80. The maximum atomic E-state index is 12.2. The number of para-hydroxylation sites is 1. The molecule has 0 saturated carbocycles. The summed E-state index contributed by atoms with van der Waals surface area (Å²) in [5.74, 6) is 0.548. The molecular weight excluding hydrogens is 326 g/mol. The highest BCUT2D eigenvalue weighted by Crippen LogP contribution is 2.27. The van der Waals surface area contributed by atoms with Crippen LogP contribution in [0, 0.1) is 0 Å². The Hall–Kier alpha value is -2.86. The Labute approximate surface area is 143 Å². The van der Waals surface area contributed by atoms with Gasteiger partial charge in [0, 0.05) is 5.69 Å². The van der Waals surface area contributed by atoms with Crippen molar-refractivity contribution in [2.75, 3.05) is 11.9 Å². The van der Waals surface area contributed by atoms with Gasteiger partial charge in [-0.05, 0) is 43.3 Å². The molecule has 0 spiro atoms. The summed E-state index contributed by atoms with van der Waals surface area (Å²) in [6.45, 7) is 2.49. The predicted octanol–water partition coefficient (Wildman–Crippen LogP) is 3.68. The molecule has 0 fully saturated rings. The Morgan fingerprint density at radius 1 is 1.21 bits per heavy atom. The third-order valence-corrected chi connectivity index (χ3v) is 3.74. The number of benzene rings is 2. The van der Waals surface area contributed by atoms with Crippen LogP contribution in [-0.2, 0) is 0 Å². The highest BCUT2D eigenvalue weighted by atomic mass is 32.1. The lowest BCUT2D eigenvalue weighted by molar-refractivity contribution is 0.340. The third kappa shape index (κ3) is 3.09. The van der Waals surface area contributed by atoms with E-state index in [0.29, 0.717) is 23.3 Å². The molecule has 5 nitrogen and oxygen atoms in total. The zero-order chi connectivity index (χ0) is 17.1. The topological polar surface area (TPSA) is 71.7 Å². The van der Waals surface area contributed by atoms with Gasteiger partial charge in [-0.3, -0.25) is 0 Å². The van der Waals surface area contributed by atoms with E-state index in [4.69, 9.17) is 21.4 Å². The maximum Gasteiger partial charge on any atom is 0.350 e. The lowest BCUT2D eigenvalue weighted by atomic mass is 10.1. The monoisotopic (exact) mass is 341 g/mol. The van der Waals surface area contributed by atoms with Crippen LogP contribution in [0.2, 0.25) is 0 Å². The van der Waals surface area contributed by atoms with E-state index in [1.54, 1.807) is 48.5 Å². The van der Waals surface area contributed by atoms with Crippen molar-refractivity contribution in [3.8, 4) is 11.5 Å². The largest absolute Gasteiger partial charge is 0.506 e. The van der Waals surface area contributed by atoms with Crippen LogP contribution in [0.15, 0.2) is 57.7 Å². The van der Waals surface area contributed by atoms with E-state index in [1.165, 1.54) is 0 Å². The first-order chi connectivity index (χ1) is 11.6. The molecule has 2 aromatic carbocycles. The van der Waals surface area contributed by atoms with Gasteiger partial charge in [0.15, 0.2) is 0 Å². The number of hydrogen-bond acceptors (Lipinski definition) is 5. The van der Waals surface area contributed by atoms with E-state index >= 15 is 0 Å². The molecule has 3 aromatic rings. The molecule has 0 saturated heterocycles. The van der Waals surface area contributed by atoms with Crippen molar-refractivity contribution >= 4 is 33.9 Å². The lowest BCUT2D eigenvalue weighted by Crippen LogP contribution is -2.20. The van der Waals surface area contributed by atoms with Crippen molar-refractivity contribution in [2.24, 2.45) is 0 Å². The fourth-order valence-electron chi connectivity index (χ4n) is 2.33. The van der Waals surface area contributed by atoms with E-state index in [-0.39, 0.29) is 16.3 Å². The van der Waals surface area contributed by atoms with Gasteiger partial charge in [0.05, 0.1) is 12.0 Å². The minimum Gasteiger partial charge on any atom is -0.506 e. The summed E-state index contributed by atoms with van der Waals surface area (Å²) in [6.07, 6.45) is 0. The average Bonchev–Trinajstić information content (AvgIpc) is 2.57. The smallest absolute Gasteiger partial charge is 0.350 e. The number of thiocarbonyl (C=S) groups is 1. The fraction of sp³-hybridized carbons (Fsp3) is 0.111. The summed E-state index contributed by atoms with van der Waals surface area (Å²) >= 11 is 5.26. The molecular formula is C18H15NO4S. The van der Waals surface area contributed by atoms with Crippen LogP contribution < -0.4 is 15.7 Å². The summed E-state index contributed by atoms with van der Waals surface area (Å²) < 4.78 is 10.6. The van der Waals surface area contributed by atoms with Crippen molar-refractivity contribution in [2.45, 2.75) is 6.92 Å². The van der Waals surface area contributed by atoms with Gasteiger partial charge >= 0.3 is 5.63 Å². The average molecular weight is 341 g/mol. The van der Waals surface area contributed by atoms with Crippen molar-refractivity contribution < 1.29 is 14.3 Å². The summed E-state index contributed by atoms with van der Waals surface area (Å²) in [7, 11) is 0. The lowest BCUT2D eigenvalue weighted by Gasteiger charge is -2.10. The van der Waals surface area contributed by atoms with Crippen LogP contribution in [0.3, 0.4) is 0 Å². The Morgan fingerprint density at radius 3 is 2.62 bits per heavy atom. The quantitative estimate of drug-likeness (QED) is 0.557. The summed E-state index contributed by atoms with van der Waals surface area (Å²) in [6, 6.07) is 13.9. The molecule has 0 aliphatic carbocycles. The van der Waals surface area contributed by atoms with Crippen LogP contribution >= 0.6 is 12.2 Å². The Kier molecular flexibility index (Phi) is 4.48. The summed E-state index contributed by atoms with van der Waals surface area (Å²) in [5.41, 5.74) is 0.246. The summed E-state index contributed by atoms with van der Waals surface area (Å²) in [4.78, 5) is 12.2. The molecule has 0 radical (unpaired) electrons. The number of ether oxygens (including phenoxy) is 1. The van der Waals surface area contributed by atoms with Crippen molar-refractivity contribution in [3.05, 3.63) is 64.5 Å². The van der Waals surface area contributed by atoms with Gasteiger partial charge in [-0.25, -0.2) is 4.79 Å². The standard InChI is InChI=1S/C18H15NO4S/c1-2-22-12-9-7-11(8-10-12)19-17(24)15-16(20)13-5-3-4-6-14(13)23-18(15)21/h3-10,20H,2H2,1H3,(H,19,24). The molecule has 2 N–H and O–H groups in total. The number of aromatic hydroxyl groups is 1. The molecule has 1 aromatic heterocycles. The molecule has 0 unspecified atom stereocenters. The van der Waals surface area contributed by atoms with Gasteiger partial charge in [-0.1, -0.05) is 24.4 Å². The molecule has 0 bridgehead atoms. The van der Waals surface area contributed by atoms with Gasteiger partial charge in [0.1, 0.15) is 27.6 Å². The van der Waals surface area contributed by atoms with Crippen LogP contribution in [0.1, 0.15) is 12.5 Å². The fourth-order valence-corrected chi connectivity index (χ4v) is 2.63. The number of rotatable bonds is 4. The maximum absolute atomic E-state index is 12.2. The highest BCUT2D eigenvalue weighted by molar-refractivity contribution is 7.81.